The molecule has 0 unspecified atom stereocenters. The summed E-state index contributed by atoms with van der Waals surface area (Å²) in [4.78, 5) is 18.9. The molecule has 1 fully saturated rings. The van der Waals surface area contributed by atoms with Gasteiger partial charge in [-0.15, -0.1) is 0 Å². The van der Waals surface area contributed by atoms with Crippen LogP contribution in [0.2, 0.25) is 0 Å². The van der Waals surface area contributed by atoms with Gasteiger partial charge in [-0.1, -0.05) is 18.6 Å². The molecular weight excluding hydrogens is 226 g/mol. The molecule has 0 atom stereocenters. The SMILES string of the molecule is O=C(Nc1cccc(-c2cnc[nH]2)c1)C1CCC1. The highest BCUT2D eigenvalue weighted by molar-refractivity contribution is 5.93. The second-order valence-corrected chi connectivity index (χ2v) is 4.66. The third kappa shape index (κ3) is 2.14. The predicted molar refractivity (Wildman–Crippen MR) is 70.0 cm³/mol. The number of imidazole rings is 1. The van der Waals surface area contributed by atoms with Gasteiger partial charge in [0.15, 0.2) is 0 Å². The van der Waals surface area contributed by atoms with E-state index in [4.69, 9.17) is 0 Å². The minimum atomic E-state index is 0.142. The van der Waals surface area contributed by atoms with Crippen molar-refractivity contribution in [1.82, 2.24) is 9.97 Å². The third-order valence-electron chi connectivity index (χ3n) is 3.42. The normalized spacial score (nSPS) is 15.1. The summed E-state index contributed by atoms with van der Waals surface area (Å²) >= 11 is 0. The van der Waals surface area contributed by atoms with Gasteiger partial charge in [0, 0.05) is 17.2 Å². The number of nitrogens with zero attached hydrogens (tertiary/aromatic N) is 1. The Hall–Kier alpha value is -2.10. The van der Waals surface area contributed by atoms with Crippen LogP contribution >= 0.6 is 0 Å². The summed E-state index contributed by atoms with van der Waals surface area (Å²) in [6.07, 6.45) is 6.63. The van der Waals surface area contributed by atoms with Crippen molar-refractivity contribution in [2.45, 2.75) is 19.3 Å². The van der Waals surface area contributed by atoms with Crippen LogP contribution in [0.1, 0.15) is 19.3 Å². The summed E-state index contributed by atoms with van der Waals surface area (Å²) in [6, 6.07) is 7.81. The molecule has 1 aliphatic rings. The monoisotopic (exact) mass is 241 g/mol. The number of carbonyl (C=O) groups is 1. The van der Waals surface area contributed by atoms with Crippen LogP contribution in [0.3, 0.4) is 0 Å². The van der Waals surface area contributed by atoms with E-state index < -0.39 is 0 Å². The van der Waals surface area contributed by atoms with Gasteiger partial charge in [0.1, 0.15) is 0 Å². The van der Waals surface area contributed by atoms with Gasteiger partial charge in [-0.2, -0.15) is 0 Å². The van der Waals surface area contributed by atoms with Crippen molar-refractivity contribution in [3.8, 4) is 11.3 Å². The van der Waals surface area contributed by atoms with Crippen molar-refractivity contribution < 1.29 is 4.79 Å². The van der Waals surface area contributed by atoms with E-state index in [1.165, 1.54) is 6.42 Å². The summed E-state index contributed by atoms with van der Waals surface area (Å²) < 4.78 is 0. The van der Waals surface area contributed by atoms with Crippen LogP contribution in [0.25, 0.3) is 11.3 Å². The van der Waals surface area contributed by atoms with E-state index in [1.807, 2.05) is 24.3 Å². The summed E-state index contributed by atoms with van der Waals surface area (Å²) in [5.74, 6) is 0.351. The van der Waals surface area contributed by atoms with Gasteiger partial charge in [-0.25, -0.2) is 4.98 Å². The lowest BCUT2D eigenvalue weighted by atomic mass is 9.85. The minimum absolute atomic E-state index is 0.142. The van der Waals surface area contributed by atoms with Crippen molar-refractivity contribution in [2.24, 2.45) is 5.92 Å². The quantitative estimate of drug-likeness (QED) is 0.868. The smallest absolute Gasteiger partial charge is 0.227 e. The van der Waals surface area contributed by atoms with E-state index in [1.54, 1.807) is 12.5 Å². The van der Waals surface area contributed by atoms with Gasteiger partial charge in [0.2, 0.25) is 5.91 Å². The second-order valence-electron chi connectivity index (χ2n) is 4.66. The highest BCUT2D eigenvalue weighted by atomic mass is 16.1. The lowest BCUT2D eigenvalue weighted by molar-refractivity contribution is -0.122. The first-order valence-corrected chi connectivity index (χ1v) is 6.22. The molecule has 1 aromatic heterocycles. The molecule has 4 heteroatoms. The molecule has 92 valence electrons. The highest BCUT2D eigenvalue weighted by Gasteiger charge is 2.25. The number of rotatable bonds is 3. The highest BCUT2D eigenvalue weighted by Crippen LogP contribution is 2.28. The zero-order valence-electron chi connectivity index (χ0n) is 10.0. The number of anilines is 1. The van der Waals surface area contributed by atoms with Gasteiger partial charge < -0.3 is 10.3 Å². The van der Waals surface area contributed by atoms with E-state index in [0.717, 1.165) is 29.8 Å². The van der Waals surface area contributed by atoms with Crippen molar-refractivity contribution in [3.05, 3.63) is 36.8 Å². The first-order valence-electron chi connectivity index (χ1n) is 6.22. The van der Waals surface area contributed by atoms with Crippen molar-refractivity contribution in [2.75, 3.05) is 5.32 Å². The fourth-order valence-corrected chi connectivity index (χ4v) is 2.09. The van der Waals surface area contributed by atoms with E-state index >= 15 is 0 Å². The third-order valence-corrected chi connectivity index (χ3v) is 3.42. The first-order chi connectivity index (χ1) is 8.83. The van der Waals surface area contributed by atoms with Crippen LogP contribution in [0.5, 0.6) is 0 Å². The molecule has 1 aromatic carbocycles. The summed E-state index contributed by atoms with van der Waals surface area (Å²) in [5, 5.41) is 2.97. The Bertz CT molecular complexity index is 544. The fourth-order valence-electron chi connectivity index (χ4n) is 2.09. The Kier molecular flexibility index (Phi) is 2.84. The summed E-state index contributed by atoms with van der Waals surface area (Å²) in [7, 11) is 0. The molecule has 2 N–H and O–H groups in total. The molecule has 0 saturated heterocycles. The van der Waals surface area contributed by atoms with Crippen LogP contribution in [0.4, 0.5) is 5.69 Å². The number of benzene rings is 1. The van der Waals surface area contributed by atoms with E-state index in [0.29, 0.717) is 0 Å². The topological polar surface area (TPSA) is 57.8 Å². The van der Waals surface area contributed by atoms with Gasteiger partial charge in [0.05, 0.1) is 18.2 Å². The average Bonchev–Trinajstić information content (AvgIpc) is 2.80. The van der Waals surface area contributed by atoms with Gasteiger partial charge in [-0.3, -0.25) is 4.79 Å². The van der Waals surface area contributed by atoms with Crippen LogP contribution in [0, 0.1) is 5.92 Å². The van der Waals surface area contributed by atoms with E-state index in [-0.39, 0.29) is 11.8 Å². The molecule has 0 aliphatic heterocycles. The fraction of sp³-hybridized carbons (Fsp3) is 0.286. The standard InChI is InChI=1S/C14H15N3O/c18-14(10-3-1-4-10)17-12-6-2-5-11(7-12)13-8-15-9-16-13/h2,5-10H,1,3-4H2,(H,15,16)(H,17,18). The second kappa shape index (κ2) is 4.64. The number of aromatic amines is 1. The largest absolute Gasteiger partial charge is 0.345 e. The van der Waals surface area contributed by atoms with E-state index in [9.17, 15) is 4.79 Å². The number of hydrogen-bond donors (Lipinski definition) is 2. The van der Waals surface area contributed by atoms with Crippen molar-refractivity contribution in [3.63, 3.8) is 0 Å². The number of aromatic nitrogens is 2. The molecule has 0 radical (unpaired) electrons. The van der Waals surface area contributed by atoms with E-state index in [2.05, 4.69) is 15.3 Å². The van der Waals surface area contributed by atoms with Crippen LogP contribution in [-0.2, 0) is 4.79 Å². The summed E-state index contributed by atoms with van der Waals surface area (Å²) in [6.45, 7) is 0. The minimum Gasteiger partial charge on any atom is -0.345 e. The lowest BCUT2D eigenvalue weighted by Crippen LogP contribution is -2.27. The maximum Gasteiger partial charge on any atom is 0.227 e. The molecule has 3 rings (SSSR count). The molecule has 1 saturated carbocycles. The Balaban J connectivity index is 1.76. The number of carbonyl (C=O) groups excluding carboxylic acids is 1. The Morgan fingerprint density at radius 2 is 2.28 bits per heavy atom. The Morgan fingerprint density at radius 1 is 1.39 bits per heavy atom. The molecule has 0 spiro atoms. The maximum absolute atomic E-state index is 11.9. The Morgan fingerprint density at radius 3 is 2.94 bits per heavy atom. The van der Waals surface area contributed by atoms with Crippen LogP contribution < -0.4 is 5.32 Å². The number of nitrogens with one attached hydrogen (secondary N) is 2. The zero-order valence-corrected chi connectivity index (χ0v) is 10.0. The number of hydrogen-bond acceptors (Lipinski definition) is 2. The molecule has 1 amide bonds. The number of amides is 1. The van der Waals surface area contributed by atoms with Crippen molar-refractivity contribution >= 4 is 11.6 Å². The number of H-pyrrole nitrogens is 1. The maximum atomic E-state index is 11.9. The average molecular weight is 241 g/mol. The molecule has 0 bridgehead atoms. The van der Waals surface area contributed by atoms with Gasteiger partial charge >= 0.3 is 0 Å². The predicted octanol–water partition coefficient (Wildman–Crippen LogP) is 2.82. The molecular formula is C14H15N3O. The molecule has 4 nitrogen and oxygen atoms in total. The Labute approximate surface area is 105 Å². The molecule has 2 aromatic rings. The summed E-state index contributed by atoms with van der Waals surface area (Å²) in [5.41, 5.74) is 2.83. The zero-order chi connectivity index (χ0) is 12.4. The van der Waals surface area contributed by atoms with Gasteiger partial charge in [-0.05, 0) is 25.0 Å². The molecule has 1 heterocycles. The lowest BCUT2D eigenvalue weighted by Gasteiger charge is -2.24. The van der Waals surface area contributed by atoms with Crippen LogP contribution in [0.15, 0.2) is 36.8 Å². The van der Waals surface area contributed by atoms with Crippen molar-refractivity contribution in [1.29, 1.82) is 0 Å². The first kappa shape index (κ1) is 11.0. The molecule has 18 heavy (non-hydrogen) atoms. The molecule has 1 aliphatic carbocycles. The van der Waals surface area contributed by atoms with Gasteiger partial charge in [0.25, 0.3) is 0 Å². The van der Waals surface area contributed by atoms with Crippen LogP contribution in [-0.4, -0.2) is 15.9 Å².